The number of hydrogen-bond acceptors (Lipinski definition) is 12. The molecule has 5 aliphatic rings. The van der Waals surface area contributed by atoms with Gasteiger partial charge in [-0.05, 0) is 123 Å². The number of pyridine rings is 2. The van der Waals surface area contributed by atoms with E-state index in [0.29, 0.717) is 48.7 Å². The van der Waals surface area contributed by atoms with E-state index in [9.17, 15) is 23.3 Å². The van der Waals surface area contributed by atoms with Gasteiger partial charge in [-0.1, -0.05) is 24.3 Å². The number of carbonyl (C=O) groups excluding carboxylic acids is 1. The van der Waals surface area contributed by atoms with E-state index in [1.54, 1.807) is 35.5 Å². The molecule has 2 aromatic carbocycles. The van der Waals surface area contributed by atoms with Gasteiger partial charge in [0.1, 0.15) is 22.8 Å². The lowest BCUT2D eigenvalue weighted by atomic mass is 9.59. The Morgan fingerprint density at radius 1 is 0.952 bits per heavy atom. The molecule has 2 aliphatic carbocycles. The third-order valence-electron chi connectivity index (χ3n) is 14.0. The Morgan fingerprint density at radius 3 is 2.52 bits per heavy atom. The van der Waals surface area contributed by atoms with E-state index >= 15 is 0 Å². The molecule has 15 nitrogen and oxygen atoms in total. The summed E-state index contributed by atoms with van der Waals surface area (Å²) in [6.45, 7) is 4.56. The predicted molar refractivity (Wildman–Crippen MR) is 234 cm³/mol. The SMILES string of the molecule is O=C(NS(=O)(=O)c1cc([N+](=O)[O-])c(NCC2CCOCC2)cn1)c1ccc(N2CCC3(CC2)CC(N2CCC[C@@H]2c2ccccc2C2CC2)C3)cc1Oc1cnc2[nH]ccc2c1. The van der Waals surface area contributed by atoms with Crippen LogP contribution in [0.5, 0.6) is 11.5 Å². The van der Waals surface area contributed by atoms with Crippen LogP contribution in [0.15, 0.2) is 84.3 Å². The van der Waals surface area contributed by atoms with E-state index in [1.807, 2.05) is 12.1 Å². The second-order valence-corrected chi connectivity index (χ2v) is 19.5. The first-order valence-corrected chi connectivity index (χ1v) is 23.5. The average molecular weight is 861 g/mol. The number of piperidine rings is 1. The Labute approximate surface area is 360 Å². The number of ether oxygens (including phenoxy) is 2. The number of aromatic amines is 1. The zero-order valence-corrected chi connectivity index (χ0v) is 35.4. The van der Waals surface area contributed by atoms with E-state index < -0.39 is 31.6 Å². The predicted octanol–water partition coefficient (Wildman–Crippen LogP) is 8.08. The summed E-state index contributed by atoms with van der Waals surface area (Å²) < 4.78 is 41.1. The molecule has 1 amide bonds. The molecule has 3 N–H and O–H groups in total. The number of fused-ring (bicyclic) bond motifs is 1. The fraction of sp³-hybridized carbons (Fsp3) is 0.457. The summed E-state index contributed by atoms with van der Waals surface area (Å²) in [5, 5.41) is 15.3. The molecule has 1 spiro atoms. The number of nitro groups is 1. The van der Waals surface area contributed by atoms with Crippen molar-refractivity contribution in [2.75, 3.05) is 49.6 Å². The first-order chi connectivity index (χ1) is 30.1. The number of H-pyrrole nitrogens is 1. The molecule has 10 rings (SSSR count). The maximum atomic E-state index is 13.9. The number of sulfonamides is 1. The minimum atomic E-state index is -4.65. The smallest absolute Gasteiger partial charge is 0.296 e. The molecule has 2 saturated carbocycles. The molecule has 16 heteroatoms. The first kappa shape index (κ1) is 40.5. The van der Waals surface area contributed by atoms with Gasteiger partial charge >= 0.3 is 0 Å². The summed E-state index contributed by atoms with van der Waals surface area (Å²) in [6, 6.07) is 20.0. The molecule has 3 aliphatic heterocycles. The number of rotatable bonds is 13. The van der Waals surface area contributed by atoms with Gasteiger partial charge in [-0.15, -0.1) is 0 Å². The summed E-state index contributed by atoms with van der Waals surface area (Å²) in [7, 11) is -4.65. The zero-order valence-electron chi connectivity index (χ0n) is 34.6. The summed E-state index contributed by atoms with van der Waals surface area (Å²) in [5.41, 5.74) is 4.58. The minimum absolute atomic E-state index is 0.0329. The molecule has 6 heterocycles. The molecule has 1 atom stereocenters. The van der Waals surface area contributed by atoms with Gasteiger partial charge in [0.2, 0.25) is 0 Å². The molecule has 324 valence electrons. The molecule has 5 fully saturated rings. The van der Waals surface area contributed by atoms with Crippen LogP contribution in [-0.4, -0.2) is 84.5 Å². The number of anilines is 2. The second-order valence-electron chi connectivity index (χ2n) is 17.9. The van der Waals surface area contributed by atoms with Crippen LogP contribution in [-0.2, 0) is 14.8 Å². The van der Waals surface area contributed by atoms with E-state index in [1.165, 1.54) is 51.3 Å². The Balaban J connectivity index is 0.841. The average Bonchev–Trinajstić information content (AvgIpc) is 3.82. The number of nitrogens with one attached hydrogen (secondary N) is 3. The Morgan fingerprint density at radius 2 is 1.74 bits per heavy atom. The van der Waals surface area contributed by atoms with Crippen molar-refractivity contribution in [3.8, 4) is 11.5 Å². The van der Waals surface area contributed by atoms with Crippen molar-refractivity contribution in [1.29, 1.82) is 0 Å². The summed E-state index contributed by atoms with van der Waals surface area (Å²) in [5.74, 6) is 0.547. The van der Waals surface area contributed by atoms with Crippen molar-refractivity contribution in [2.45, 2.75) is 87.2 Å². The molecule has 0 unspecified atom stereocenters. The lowest BCUT2D eigenvalue weighted by Gasteiger charge is -2.56. The van der Waals surface area contributed by atoms with Crippen LogP contribution in [0.1, 0.15) is 97.7 Å². The maximum Gasteiger partial charge on any atom is 0.296 e. The second kappa shape index (κ2) is 16.6. The van der Waals surface area contributed by atoms with Crippen molar-refractivity contribution in [1.82, 2.24) is 24.6 Å². The highest BCUT2D eigenvalue weighted by Crippen LogP contribution is 2.55. The Hall–Kier alpha value is -5.58. The summed E-state index contributed by atoms with van der Waals surface area (Å²) in [4.78, 5) is 41.9. The Bertz CT molecular complexity index is 2590. The largest absolute Gasteiger partial charge is 0.455 e. The highest BCUT2D eigenvalue weighted by atomic mass is 32.2. The van der Waals surface area contributed by atoms with Gasteiger partial charge < -0.3 is 24.7 Å². The number of benzene rings is 2. The normalized spacial score (nSPS) is 20.9. The van der Waals surface area contributed by atoms with Gasteiger partial charge in [0.05, 0.1) is 28.9 Å². The topological polar surface area (TPSA) is 185 Å². The molecular weight excluding hydrogens is 809 g/mol. The van der Waals surface area contributed by atoms with Crippen molar-refractivity contribution in [2.24, 2.45) is 11.3 Å². The van der Waals surface area contributed by atoms with Crippen molar-refractivity contribution in [3.63, 3.8) is 0 Å². The van der Waals surface area contributed by atoms with Crippen molar-refractivity contribution < 1.29 is 27.6 Å². The molecule has 0 radical (unpaired) electrons. The fourth-order valence-electron chi connectivity index (χ4n) is 10.3. The van der Waals surface area contributed by atoms with Crippen LogP contribution in [0.25, 0.3) is 11.0 Å². The van der Waals surface area contributed by atoms with E-state index in [-0.39, 0.29) is 22.9 Å². The van der Waals surface area contributed by atoms with E-state index in [0.717, 1.165) is 68.0 Å². The zero-order chi connectivity index (χ0) is 42.4. The van der Waals surface area contributed by atoms with Gasteiger partial charge in [-0.3, -0.25) is 19.8 Å². The van der Waals surface area contributed by atoms with Crippen LogP contribution in [0.4, 0.5) is 17.1 Å². The van der Waals surface area contributed by atoms with Gasteiger partial charge in [0, 0.05) is 68.3 Å². The number of amides is 1. The Kier molecular flexibility index (Phi) is 10.8. The van der Waals surface area contributed by atoms with Crippen LogP contribution in [0.2, 0.25) is 0 Å². The number of carbonyl (C=O) groups is 1. The monoisotopic (exact) mass is 860 g/mol. The number of likely N-dealkylation sites (tertiary alicyclic amines) is 1. The quantitative estimate of drug-likeness (QED) is 0.0765. The number of nitrogens with zero attached hydrogens (tertiary/aromatic N) is 5. The number of hydrogen-bond donors (Lipinski definition) is 3. The van der Waals surface area contributed by atoms with Crippen LogP contribution in [0.3, 0.4) is 0 Å². The molecule has 3 saturated heterocycles. The maximum absolute atomic E-state index is 13.9. The van der Waals surface area contributed by atoms with Gasteiger partial charge in [-0.2, -0.15) is 8.42 Å². The molecule has 5 aromatic rings. The van der Waals surface area contributed by atoms with Crippen LogP contribution < -0.4 is 19.7 Å². The van der Waals surface area contributed by atoms with Crippen molar-refractivity contribution >= 4 is 44.0 Å². The van der Waals surface area contributed by atoms with Gasteiger partial charge in [-0.25, -0.2) is 14.7 Å². The summed E-state index contributed by atoms with van der Waals surface area (Å²) in [6.07, 6.45) is 15.7. The van der Waals surface area contributed by atoms with Gasteiger partial charge in [0.15, 0.2) is 5.03 Å². The first-order valence-electron chi connectivity index (χ1n) is 22.0. The third kappa shape index (κ3) is 8.22. The van der Waals surface area contributed by atoms with E-state index in [4.69, 9.17) is 9.47 Å². The van der Waals surface area contributed by atoms with E-state index in [2.05, 4.69) is 59.1 Å². The lowest BCUT2D eigenvalue weighted by molar-refractivity contribution is -0.384. The van der Waals surface area contributed by atoms with Crippen molar-refractivity contribution in [3.05, 3.63) is 106 Å². The highest BCUT2D eigenvalue weighted by Gasteiger charge is 2.50. The molecule has 3 aromatic heterocycles. The third-order valence-corrected chi connectivity index (χ3v) is 15.2. The lowest BCUT2D eigenvalue weighted by Crippen LogP contribution is -2.54. The molecular formula is C46H52N8O7S. The fourth-order valence-corrected chi connectivity index (χ4v) is 11.3. The summed E-state index contributed by atoms with van der Waals surface area (Å²) >= 11 is 0. The van der Waals surface area contributed by atoms with Gasteiger partial charge in [0.25, 0.3) is 21.6 Å². The number of aromatic nitrogens is 3. The standard InChI is InChI=1S/C46H52N8O7S/c55-45(51-62(58,59)43-24-41(54(56)57)39(29-49-43)48-27-30-12-20-60-21-13-30)38-10-9-33(23-42(38)61-35-22-32-11-16-47-44(32)50-28-35)52-18-14-46(15-19-52)25-34(26-46)53-17-3-6-40(53)37-5-2-1-4-36(37)31-7-8-31/h1-2,4-5,9-11,16,22-24,28-31,34,40,48H,3,6-8,12-15,17-21,25-27H2,(H,47,50)(H,51,55)/t40-/m1/s1. The molecule has 0 bridgehead atoms. The molecule has 62 heavy (non-hydrogen) atoms. The minimum Gasteiger partial charge on any atom is -0.455 e. The van der Waals surface area contributed by atoms with Crippen LogP contribution >= 0.6 is 0 Å². The van der Waals surface area contributed by atoms with Crippen LogP contribution in [0, 0.1) is 21.4 Å². The highest BCUT2D eigenvalue weighted by molar-refractivity contribution is 7.90.